The first kappa shape index (κ1) is 14.3. The number of hydrogen-bond donors (Lipinski definition) is 0. The summed E-state index contributed by atoms with van der Waals surface area (Å²) in [6.07, 6.45) is 0.342. The maximum atomic E-state index is 12.4. The molecule has 2 fully saturated rings. The van der Waals surface area contributed by atoms with Crippen molar-refractivity contribution in [2.75, 3.05) is 0 Å². The first-order valence-corrected chi connectivity index (χ1v) is 8.99. The highest BCUT2D eigenvalue weighted by Gasteiger charge is 2.65. The summed E-state index contributed by atoms with van der Waals surface area (Å²) in [5, 5.41) is 6.39. The van der Waals surface area contributed by atoms with Crippen molar-refractivity contribution in [1.29, 1.82) is 0 Å². The van der Waals surface area contributed by atoms with Gasteiger partial charge < -0.3 is 4.74 Å². The average Bonchev–Trinajstić information content (AvgIpc) is 3.09. The molecule has 2 aromatic carbocycles. The zero-order valence-electron chi connectivity index (χ0n) is 12.6. The Morgan fingerprint density at radius 2 is 1.88 bits per heavy atom. The quantitative estimate of drug-likeness (QED) is 0.754. The monoisotopic (exact) mass is 356 g/mol. The van der Waals surface area contributed by atoms with E-state index in [1.807, 2.05) is 52.9 Å². The summed E-state index contributed by atoms with van der Waals surface area (Å²) < 4.78 is 6.25. The molecule has 2 saturated heterocycles. The number of hydrazine groups is 1. The van der Waals surface area contributed by atoms with Gasteiger partial charge in [0.1, 0.15) is 5.37 Å². The lowest BCUT2D eigenvalue weighted by Crippen LogP contribution is -2.62. The van der Waals surface area contributed by atoms with Crippen LogP contribution in [0, 0.1) is 0 Å². The Morgan fingerprint density at radius 3 is 2.58 bits per heavy atom. The summed E-state index contributed by atoms with van der Waals surface area (Å²) in [7, 11) is 0. The van der Waals surface area contributed by atoms with Crippen molar-refractivity contribution < 1.29 is 9.53 Å². The van der Waals surface area contributed by atoms with Gasteiger partial charge in [0.15, 0.2) is 0 Å². The normalized spacial score (nSPS) is 27.3. The Bertz CT molecular complexity index is 855. The zero-order valence-corrected chi connectivity index (χ0v) is 14.1. The Labute approximate surface area is 148 Å². The van der Waals surface area contributed by atoms with Crippen molar-refractivity contribution in [3.8, 4) is 0 Å². The highest BCUT2D eigenvalue weighted by Crippen LogP contribution is 2.59. The van der Waals surface area contributed by atoms with Crippen LogP contribution in [0.1, 0.15) is 22.9 Å². The van der Waals surface area contributed by atoms with Crippen molar-refractivity contribution >= 4 is 29.3 Å². The number of amides is 1. The molecule has 0 radical (unpaired) electrons. The van der Waals surface area contributed by atoms with E-state index in [2.05, 4.69) is 12.1 Å². The minimum absolute atomic E-state index is 0.0135. The van der Waals surface area contributed by atoms with Crippen LogP contribution in [-0.4, -0.2) is 15.9 Å². The maximum absolute atomic E-state index is 12.4. The molecule has 0 saturated carbocycles. The molecule has 2 atom stereocenters. The predicted octanol–water partition coefficient (Wildman–Crippen LogP) is 4.22. The van der Waals surface area contributed by atoms with Gasteiger partial charge in [0.05, 0.1) is 6.42 Å². The molecule has 1 amide bonds. The summed E-state index contributed by atoms with van der Waals surface area (Å²) in [4.78, 5) is 12.4. The van der Waals surface area contributed by atoms with E-state index in [0.29, 0.717) is 11.4 Å². The number of hydrogen-bond acceptors (Lipinski definition) is 4. The van der Waals surface area contributed by atoms with Crippen LogP contribution in [0.5, 0.6) is 0 Å². The van der Waals surface area contributed by atoms with E-state index in [-0.39, 0.29) is 11.3 Å². The fourth-order valence-electron chi connectivity index (χ4n) is 3.47. The number of carbonyl (C=O) groups is 1. The van der Waals surface area contributed by atoms with Gasteiger partial charge in [-0.25, -0.2) is 10.0 Å². The van der Waals surface area contributed by atoms with Crippen molar-refractivity contribution in [2.45, 2.75) is 17.5 Å². The Kier molecular flexibility index (Phi) is 2.94. The molecule has 3 aliphatic rings. The number of ether oxygens (including phenoxy) is 1. The molecule has 0 spiro atoms. The third-order valence-electron chi connectivity index (χ3n) is 4.58. The number of rotatable bonds is 2. The zero-order chi connectivity index (χ0) is 16.3. The molecule has 0 N–H and O–H groups in total. The third-order valence-corrected chi connectivity index (χ3v) is 5.90. The summed E-state index contributed by atoms with van der Waals surface area (Å²) in [6.45, 7) is 0. The molecule has 24 heavy (non-hydrogen) atoms. The summed E-state index contributed by atoms with van der Waals surface area (Å²) in [5.41, 5.74) is 1.35. The highest BCUT2D eigenvalue weighted by atomic mass is 35.5. The molecule has 2 aromatic rings. The summed E-state index contributed by atoms with van der Waals surface area (Å²) in [6, 6.07) is 17.7. The molecule has 0 bridgehead atoms. The van der Waals surface area contributed by atoms with Crippen LogP contribution in [-0.2, 0) is 15.3 Å². The number of halogens is 1. The fourth-order valence-corrected chi connectivity index (χ4v) is 4.62. The van der Waals surface area contributed by atoms with Crippen molar-refractivity contribution in [2.24, 2.45) is 0 Å². The Morgan fingerprint density at radius 1 is 1.12 bits per heavy atom. The molecule has 0 unspecified atom stereocenters. The van der Waals surface area contributed by atoms with Gasteiger partial charge in [-0.15, -0.1) is 0 Å². The van der Waals surface area contributed by atoms with Gasteiger partial charge >= 0.3 is 0 Å². The molecule has 3 heterocycles. The van der Waals surface area contributed by atoms with E-state index in [1.165, 1.54) is 0 Å². The van der Waals surface area contributed by atoms with E-state index >= 15 is 0 Å². The van der Waals surface area contributed by atoms with Gasteiger partial charge in [-0.3, -0.25) is 4.79 Å². The first-order valence-electron chi connectivity index (χ1n) is 7.67. The Balaban J connectivity index is 1.56. The molecule has 4 nitrogen and oxygen atoms in total. The van der Waals surface area contributed by atoms with E-state index < -0.39 is 5.72 Å². The van der Waals surface area contributed by atoms with E-state index in [4.69, 9.17) is 16.3 Å². The van der Waals surface area contributed by atoms with Crippen LogP contribution in [0.4, 0.5) is 0 Å². The molecule has 6 heteroatoms. The standard InChI is InChI=1S/C18H13ClN2O2S/c19-14-8-6-13(7-9-14)18-10-15(22)21(18)20-16(23-18)11-24-17(20)12-4-2-1-3-5-12/h1-9,11,17H,10H2/t17-,18-/m0/s1. The van der Waals surface area contributed by atoms with Gasteiger partial charge in [-0.2, -0.15) is 0 Å². The van der Waals surface area contributed by atoms with Crippen molar-refractivity contribution in [1.82, 2.24) is 10.0 Å². The summed E-state index contributed by atoms with van der Waals surface area (Å²) in [5.74, 6) is 0.798. The molecule has 0 aliphatic carbocycles. The third kappa shape index (κ3) is 1.79. The van der Waals surface area contributed by atoms with Gasteiger partial charge in [-0.05, 0) is 17.7 Å². The number of β-lactam (4-membered cyclic amide) rings is 1. The number of benzene rings is 2. The highest BCUT2D eigenvalue weighted by molar-refractivity contribution is 8.02. The second-order valence-corrected chi connectivity index (χ2v) is 7.37. The second kappa shape index (κ2) is 4.94. The second-order valence-electron chi connectivity index (χ2n) is 5.98. The summed E-state index contributed by atoms with van der Waals surface area (Å²) >= 11 is 7.65. The van der Waals surface area contributed by atoms with Crippen molar-refractivity contribution in [3.63, 3.8) is 0 Å². The lowest BCUT2D eigenvalue weighted by atomic mass is 9.91. The molecule has 0 aromatic heterocycles. The van der Waals surface area contributed by atoms with Gasteiger partial charge in [0.2, 0.25) is 11.6 Å². The van der Waals surface area contributed by atoms with Crippen LogP contribution in [0.25, 0.3) is 0 Å². The number of carbonyl (C=O) groups excluding carboxylic acids is 1. The number of thioether (sulfide) groups is 1. The molecular formula is C18H13ClN2O2S. The van der Waals surface area contributed by atoms with Crippen LogP contribution in [0.2, 0.25) is 5.02 Å². The molecular weight excluding hydrogens is 344 g/mol. The largest absolute Gasteiger partial charge is 0.444 e. The van der Waals surface area contributed by atoms with E-state index in [0.717, 1.165) is 17.0 Å². The maximum Gasteiger partial charge on any atom is 0.251 e. The SMILES string of the molecule is O=C1C[C@@]2(c3ccc(Cl)cc3)OC3=CS[C@@H](c4ccccc4)N3N12. The van der Waals surface area contributed by atoms with Crippen LogP contribution in [0.3, 0.4) is 0 Å². The lowest BCUT2D eigenvalue weighted by Gasteiger charge is -2.47. The number of nitrogens with zero attached hydrogens (tertiary/aromatic N) is 2. The number of fused-ring (bicyclic) bond motifs is 3. The van der Waals surface area contributed by atoms with Gasteiger partial charge in [-0.1, -0.05) is 65.8 Å². The minimum Gasteiger partial charge on any atom is -0.444 e. The smallest absolute Gasteiger partial charge is 0.251 e. The van der Waals surface area contributed by atoms with E-state index in [1.54, 1.807) is 16.8 Å². The van der Waals surface area contributed by atoms with Gasteiger partial charge in [0.25, 0.3) is 5.91 Å². The lowest BCUT2D eigenvalue weighted by molar-refractivity contribution is -0.209. The topological polar surface area (TPSA) is 32.8 Å². The van der Waals surface area contributed by atoms with Crippen LogP contribution in [0.15, 0.2) is 65.9 Å². The van der Waals surface area contributed by atoms with Crippen LogP contribution < -0.4 is 0 Å². The predicted molar refractivity (Wildman–Crippen MR) is 92.4 cm³/mol. The van der Waals surface area contributed by atoms with Crippen LogP contribution >= 0.6 is 23.4 Å². The Hall–Kier alpha value is -2.11. The molecule has 120 valence electrons. The first-order chi connectivity index (χ1) is 11.7. The molecule has 5 rings (SSSR count). The average molecular weight is 357 g/mol. The molecule has 3 aliphatic heterocycles. The van der Waals surface area contributed by atoms with Crippen molar-refractivity contribution in [3.05, 3.63) is 82.0 Å². The van der Waals surface area contributed by atoms with E-state index in [9.17, 15) is 4.79 Å². The fraction of sp³-hybridized carbons (Fsp3) is 0.167. The van der Waals surface area contributed by atoms with Gasteiger partial charge in [0, 0.05) is 16.0 Å². The minimum atomic E-state index is -0.735.